The predicted octanol–water partition coefficient (Wildman–Crippen LogP) is 1.14. The maximum Gasteiger partial charge on any atom is 0.435 e. The van der Waals surface area contributed by atoms with E-state index in [9.17, 15) is 13.2 Å². The van der Waals surface area contributed by atoms with Gasteiger partial charge in [-0.3, -0.25) is 9.36 Å². The minimum Gasteiger partial charge on any atom is -0.326 e. The molecule has 0 unspecified atom stereocenters. The van der Waals surface area contributed by atoms with Gasteiger partial charge in [0.2, 0.25) is 0 Å². The van der Waals surface area contributed by atoms with Crippen molar-refractivity contribution in [2.45, 2.75) is 19.3 Å². The molecule has 2 aromatic heterocycles. The molecular weight excluding hydrogens is 247 g/mol. The van der Waals surface area contributed by atoms with Gasteiger partial charge < -0.3 is 5.73 Å². The molecule has 2 heterocycles. The molecule has 2 rings (SSSR count). The van der Waals surface area contributed by atoms with Crippen molar-refractivity contribution in [3.63, 3.8) is 0 Å². The number of aromatic nitrogens is 4. The third-order valence-corrected chi connectivity index (χ3v) is 2.51. The van der Waals surface area contributed by atoms with Crippen LogP contribution >= 0.6 is 0 Å². The summed E-state index contributed by atoms with van der Waals surface area (Å²) in [4.78, 5) is 0. The maximum atomic E-state index is 12.5. The number of nitrogens with two attached hydrogens (primary N) is 1. The van der Waals surface area contributed by atoms with E-state index in [1.54, 1.807) is 12.4 Å². The van der Waals surface area contributed by atoms with Gasteiger partial charge in [0.05, 0.1) is 18.4 Å². The number of hydrogen-bond donors (Lipinski definition) is 1. The Labute approximate surface area is 101 Å². The second-order valence-corrected chi connectivity index (χ2v) is 3.89. The Morgan fingerprint density at radius 3 is 2.61 bits per heavy atom. The lowest BCUT2D eigenvalue weighted by Crippen LogP contribution is -2.07. The van der Waals surface area contributed by atoms with Crippen molar-refractivity contribution in [1.82, 2.24) is 19.6 Å². The van der Waals surface area contributed by atoms with Crippen LogP contribution in [0.5, 0.6) is 0 Å². The molecule has 98 valence electrons. The fourth-order valence-electron chi connectivity index (χ4n) is 1.56. The molecule has 8 heteroatoms. The third kappa shape index (κ3) is 2.53. The van der Waals surface area contributed by atoms with Crippen molar-refractivity contribution in [3.8, 4) is 0 Å². The lowest BCUT2D eigenvalue weighted by molar-refractivity contribution is -0.141. The van der Waals surface area contributed by atoms with E-state index < -0.39 is 11.9 Å². The highest BCUT2D eigenvalue weighted by molar-refractivity contribution is 5.14. The molecule has 0 fully saturated rings. The Kier molecular flexibility index (Phi) is 3.12. The second kappa shape index (κ2) is 4.45. The standard InChI is InChI=1S/C10H12F3N5/c1-17-8(2-9(16-17)10(11,12)13)6-18-5-7(3-14)4-15-18/h2,4-5H,3,6,14H2,1H3. The topological polar surface area (TPSA) is 61.7 Å². The third-order valence-electron chi connectivity index (χ3n) is 2.51. The molecule has 0 aliphatic heterocycles. The number of hydrogen-bond acceptors (Lipinski definition) is 3. The average Bonchev–Trinajstić information content (AvgIpc) is 2.86. The molecule has 0 atom stereocenters. The molecule has 0 radical (unpaired) electrons. The molecule has 0 bridgehead atoms. The highest BCUT2D eigenvalue weighted by Crippen LogP contribution is 2.28. The van der Waals surface area contributed by atoms with Crippen molar-refractivity contribution in [2.24, 2.45) is 12.8 Å². The smallest absolute Gasteiger partial charge is 0.326 e. The van der Waals surface area contributed by atoms with E-state index in [4.69, 9.17) is 5.73 Å². The van der Waals surface area contributed by atoms with Gasteiger partial charge in [0.1, 0.15) is 0 Å². The fourth-order valence-corrected chi connectivity index (χ4v) is 1.56. The van der Waals surface area contributed by atoms with Crippen LogP contribution < -0.4 is 5.73 Å². The zero-order valence-corrected chi connectivity index (χ0v) is 9.65. The summed E-state index contributed by atoms with van der Waals surface area (Å²) in [6.45, 7) is 0.568. The van der Waals surface area contributed by atoms with E-state index in [0.29, 0.717) is 12.2 Å². The van der Waals surface area contributed by atoms with Gasteiger partial charge in [-0.2, -0.15) is 23.4 Å². The first-order valence-electron chi connectivity index (χ1n) is 5.21. The summed E-state index contributed by atoms with van der Waals surface area (Å²) < 4.78 is 40.1. The van der Waals surface area contributed by atoms with Gasteiger partial charge in [0, 0.05) is 25.4 Å². The summed E-state index contributed by atoms with van der Waals surface area (Å²) >= 11 is 0. The highest BCUT2D eigenvalue weighted by Gasteiger charge is 2.34. The molecule has 0 saturated heterocycles. The van der Waals surface area contributed by atoms with Crippen LogP contribution in [0.2, 0.25) is 0 Å². The van der Waals surface area contributed by atoms with Crippen LogP contribution in [-0.2, 0) is 26.3 Å². The monoisotopic (exact) mass is 259 g/mol. The zero-order valence-electron chi connectivity index (χ0n) is 9.65. The van der Waals surface area contributed by atoms with Crippen molar-refractivity contribution in [2.75, 3.05) is 0 Å². The van der Waals surface area contributed by atoms with Crippen molar-refractivity contribution < 1.29 is 13.2 Å². The SMILES string of the molecule is Cn1nc(C(F)(F)F)cc1Cn1cc(CN)cn1. The summed E-state index contributed by atoms with van der Waals surface area (Å²) in [5, 5.41) is 7.44. The van der Waals surface area contributed by atoms with Crippen LogP contribution in [0.1, 0.15) is 17.0 Å². The molecule has 0 amide bonds. The molecule has 0 aliphatic carbocycles. The molecule has 5 nitrogen and oxygen atoms in total. The molecule has 0 aromatic carbocycles. The molecule has 0 aliphatic rings. The highest BCUT2D eigenvalue weighted by atomic mass is 19.4. The quantitative estimate of drug-likeness (QED) is 0.899. The van der Waals surface area contributed by atoms with Gasteiger partial charge in [0.15, 0.2) is 5.69 Å². The summed E-state index contributed by atoms with van der Waals surface area (Å²) in [7, 11) is 1.47. The van der Waals surface area contributed by atoms with E-state index in [0.717, 1.165) is 11.6 Å². The number of halogens is 3. The van der Waals surface area contributed by atoms with Crippen LogP contribution in [0, 0.1) is 0 Å². The van der Waals surface area contributed by atoms with Gasteiger partial charge in [-0.15, -0.1) is 0 Å². The van der Waals surface area contributed by atoms with Crippen LogP contribution in [-0.4, -0.2) is 19.6 Å². The van der Waals surface area contributed by atoms with Crippen LogP contribution in [0.4, 0.5) is 13.2 Å². The average molecular weight is 259 g/mol. The molecule has 2 N–H and O–H groups in total. The van der Waals surface area contributed by atoms with Crippen molar-refractivity contribution in [3.05, 3.63) is 35.4 Å². The number of aryl methyl sites for hydroxylation is 1. The van der Waals surface area contributed by atoms with Crippen LogP contribution in [0.15, 0.2) is 18.5 Å². The predicted molar refractivity (Wildman–Crippen MR) is 57.4 cm³/mol. The Hall–Kier alpha value is -1.83. The first-order chi connectivity index (χ1) is 8.40. The van der Waals surface area contributed by atoms with Gasteiger partial charge in [-0.1, -0.05) is 0 Å². The minimum absolute atomic E-state index is 0.222. The lowest BCUT2D eigenvalue weighted by atomic mass is 10.3. The zero-order chi connectivity index (χ0) is 13.3. The van der Waals surface area contributed by atoms with Gasteiger partial charge in [-0.05, 0) is 6.07 Å². The number of alkyl halides is 3. The molecule has 0 spiro atoms. The van der Waals surface area contributed by atoms with Gasteiger partial charge in [-0.25, -0.2) is 0 Å². The molecule has 18 heavy (non-hydrogen) atoms. The summed E-state index contributed by atoms with van der Waals surface area (Å²) in [6.07, 6.45) is -1.15. The Bertz CT molecular complexity index is 540. The number of rotatable bonds is 3. The summed E-state index contributed by atoms with van der Waals surface area (Å²) in [5.41, 5.74) is 5.78. The van der Waals surface area contributed by atoms with Crippen molar-refractivity contribution in [1.29, 1.82) is 0 Å². The maximum absolute atomic E-state index is 12.5. The number of nitrogens with zero attached hydrogens (tertiary/aromatic N) is 4. The van der Waals surface area contributed by atoms with E-state index >= 15 is 0 Å². The Morgan fingerprint density at radius 2 is 2.11 bits per heavy atom. The minimum atomic E-state index is -4.43. The van der Waals surface area contributed by atoms with Crippen LogP contribution in [0.3, 0.4) is 0 Å². The van der Waals surface area contributed by atoms with Gasteiger partial charge in [0.25, 0.3) is 0 Å². The van der Waals surface area contributed by atoms with E-state index in [1.807, 2.05) is 0 Å². The first kappa shape index (κ1) is 12.6. The molecule has 2 aromatic rings. The molecular formula is C10H12F3N5. The van der Waals surface area contributed by atoms with Crippen molar-refractivity contribution >= 4 is 0 Å². The van der Waals surface area contributed by atoms with Gasteiger partial charge >= 0.3 is 6.18 Å². The van der Waals surface area contributed by atoms with E-state index in [1.165, 1.54) is 16.4 Å². The van der Waals surface area contributed by atoms with E-state index in [2.05, 4.69) is 10.2 Å². The van der Waals surface area contributed by atoms with Crippen LogP contribution in [0.25, 0.3) is 0 Å². The summed E-state index contributed by atoms with van der Waals surface area (Å²) in [5.74, 6) is 0. The lowest BCUT2D eigenvalue weighted by Gasteiger charge is -2.01. The normalized spacial score (nSPS) is 12.1. The Balaban J connectivity index is 2.21. The largest absolute Gasteiger partial charge is 0.435 e. The first-order valence-corrected chi connectivity index (χ1v) is 5.21. The molecule has 0 saturated carbocycles. The Morgan fingerprint density at radius 1 is 1.39 bits per heavy atom. The van der Waals surface area contributed by atoms with E-state index in [-0.39, 0.29) is 6.54 Å². The summed E-state index contributed by atoms with van der Waals surface area (Å²) in [6, 6.07) is 1.02. The fraction of sp³-hybridized carbons (Fsp3) is 0.400. The second-order valence-electron chi connectivity index (χ2n) is 3.89.